The van der Waals surface area contributed by atoms with Gasteiger partial charge in [-0.1, -0.05) is 38.5 Å². The molecule has 0 atom stereocenters. The first kappa shape index (κ1) is 14.5. The van der Waals surface area contributed by atoms with Crippen LogP contribution >= 0.6 is 0 Å². The number of rotatable bonds is 3. The Kier molecular flexibility index (Phi) is 4.04. The van der Waals surface area contributed by atoms with Gasteiger partial charge in [0.1, 0.15) is 11.4 Å². The molecule has 0 radical (unpaired) electrons. The van der Waals surface area contributed by atoms with E-state index in [1.165, 1.54) is 5.56 Å². The van der Waals surface area contributed by atoms with Crippen LogP contribution in [0.15, 0.2) is 30.6 Å². The van der Waals surface area contributed by atoms with Crippen molar-refractivity contribution >= 4 is 0 Å². The highest BCUT2D eigenvalue weighted by Gasteiger charge is 2.20. The molecule has 1 aromatic heterocycles. The minimum atomic E-state index is -0.00750. The van der Waals surface area contributed by atoms with E-state index in [9.17, 15) is 0 Å². The molecule has 4 nitrogen and oxygen atoms in total. The molecule has 0 aliphatic carbocycles. The van der Waals surface area contributed by atoms with Gasteiger partial charge in [0.15, 0.2) is 0 Å². The standard InChI is InChI=1S/C16H21N3O/c1-11-5-6-14(12(9-11)16(2,3)4)20-15-13(10-17)18-7-8-19-15/h5-9H,10,17H2,1-4H3. The van der Waals surface area contributed by atoms with Gasteiger partial charge in [0.2, 0.25) is 5.88 Å². The Bertz CT molecular complexity index is 603. The van der Waals surface area contributed by atoms with Crippen molar-refractivity contribution in [1.29, 1.82) is 0 Å². The van der Waals surface area contributed by atoms with Gasteiger partial charge in [-0.15, -0.1) is 0 Å². The lowest BCUT2D eigenvalue weighted by Gasteiger charge is -2.23. The monoisotopic (exact) mass is 271 g/mol. The molecule has 0 unspecified atom stereocenters. The first-order chi connectivity index (χ1) is 9.41. The summed E-state index contributed by atoms with van der Waals surface area (Å²) >= 11 is 0. The zero-order chi connectivity index (χ0) is 14.8. The summed E-state index contributed by atoms with van der Waals surface area (Å²) in [5, 5.41) is 0. The molecule has 2 N–H and O–H groups in total. The highest BCUT2D eigenvalue weighted by Crippen LogP contribution is 2.34. The second-order valence-electron chi connectivity index (χ2n) is 5.86. The van der Waals surface area contributed by atoms with Gasteiger partial charge in [-0.2, -0.15) is 0 Å². The van der Waals surface area contributed by atoms with Crippen LogP contribution in [0.2, 0.25) is 0 Å². The normalized spacial score (nSPS) is 11.4. The Morgan fingerprint density at radius 2 is 1.85 bits per heavy atom. The lowest BCUT2D eigenvalue weighted by atomic mass is 9.85. The third kappa shape index (κ3) is 3.14. The highest BCUT2D eigenvalue weighted by atomic mass is 16.5. The fourth-order valence-electron chi connectivity index (χ4n) is 2.00. The molecular weight excluding hydrogens is 250 g/mol. The summed E-state index contributed by atoms with van der Waals surface area (Å²) in [6.07, 6.45) is 3.23. The van der Waals surface area contributed by atoms with Crippen LogP contribution in [-0.4, -0.2) is 9.97 Å². The maximum Gasteiger partial charge on any atom is 0.242 e. The molecule has 106 valence electrons. The first-order valence-corrected chi connectivity index (χ1v) is 6.71. The Balaban J connectivity index is 2.44. The van der Waals surface area contributed by atoms with E-state index in [0.717, 1.165) is 11.3 Å². The maximum absolute atomic E-state index is 5.96. The van der Waals surface area contributed by atoms with Gasteiger partial charge in [0.05, 0.1) is 0 Å². The van der Waals surface area contributed by atoms with Crippen molar-refractivity contribution in [2.75, 3.05) is 0 Å². The predicted octanol–water partition coefficient (Wildman–Crippen LogP) is 3.33. The van der Waals surface area contributed by atoms with Crippen LogP contribution in [-0.2, 0) is 12.0 Å². The Morgan fingerprint density at radius 3 is 2.50 bits per heavy atom. The predicted molar refractivity (Wildman–Crippen MR) is 79.9 cm³/mol. The number of ether oxygens (including phenoxy) is 1. The number of hydrogen-bond donors (Lipinski definition) is 1. The summed E-state index contributed by atoms with van der Waals surface area (Å²) in [5.74, 6) is 1.28. The van der Waals surface area contributed by atoms with Gasteiger partial charge in [-0.3, -0.25) is 4.98 Å². The molecule has 0 bridgehead atoms. The Labute approximate surface area is 120 Å². The molecular formula is C16H21N3O. The number of nitrogens with zero attached hydrogens (tertiary/aromatic N) is 2. The van der Waals surface area contributed by atoms with Crippen LogP contribution in [0.4, 0.5) is 0 Å². The molecule has 2 rings (SSSR count). The third-order valence-corrected chi connectivity index (χ3v) is 3.08. The van der Waals surface area contributed by atoms with Crippen molar-refractivity contribution in [2.45, 2.75) is 39.7 Å². The van der Waals surface area contributed by atoms with E-state index in [2.05, 4.69) is 43.7 Å². The van der Waals surface area contributed by atoms with Gasteiger partial charge in [-0.25, -0.2) is 4.98 Å². The van der Waals surface area contributed by atoms with Crippen molar-refractivity contribution in [3.63, 3.8) is 0 Å². The van der Waals surface area contributed by atoms with Gasteiger partial charge in [-0.05, 0) is 18.4 Å². The largest absolute Gasteiger partial charge is 0.437 e. The first-order valence-electron chi connectivity index (χ1n) is 6.71. The summed E-state index contributed by atoms with van der Waals surface area (Å²) in [5.41, 5.74) is 8.68. The number of hydrogen-bond acceptors (Lipinski definition) is 4. The molecule has 0 saturated heterocycles. The quantitative estimate of drug-likeness (QED) is 0.930. The smallest absolute Gasteiger partial charge is 0.242 e. The summed E-state index contributed by atoms with van der Waals surface area (Å²) in [4.78, 5) is 8.42. The van der Waals surface area contributed by atoms with E-state index in [0.29, 0.717) is 18.1 Å². The van der Waals surface area contributed by atoms with Crippen molar-refractivity contribution < 1.29 is 4.74 Å². The fourth-order valence-corrected chi connectivity index (χ4v) is 2.00. The van der Waals surface area contributed by atoms with Crippen LogP contribution in [0, 0.1) is 6.92 Å². The van der Waals surface area contributed by atoms with E-state index in [4.69, 9.17) is 10.5 Å². The molecule has 1 heterocycles. The number of aryl methyl sites for hydroxylation is 1. The average molecular weight is 271 g/mol. The second-order valence-corrected chi connectivity index (χ2v) is 5.86. The highest BCUT2D eigenvalue weighted by molar-refractivity contribution is 5.43. The molecule has 0 aliphatic rings. The molecule has 0 fully saturated rings. The average Bonchev–Trinajstić information content (AvgIpc) is 2.40. The van der Waals surface area contributed by atoms with Gasteiger partial charge in [0.25, 0.3) is 0 Å². The van der Waals surface area contributed by atoms with Gasteiger partial charge in [0, 0.05) is 24.5 Å². The third-order valence-electron chi connectivity index (χ3n) is 3.08. The van der Waals surface area contributed by atoms with Crippen molar-refractivity contribution in [1.82, 2.24) is 9.97 Å². The van der Waals surface area contributed by atoms with Gasteiger partial charge >= 0.3 is 0 Å². The van der Waals surface area contributed by atoms with Crippen LogP contribution in [0.3, 0.4) is 0 Å². The second kappa shape index (κ2) is 5.59. The van der Waals surface area contributed by atoms with Crippen LogP contribution in [0.5, 0.6) is 11.6 Å². The number of aromatic nitrogens is 2. The molecule has 0 saturated carbocycles. The Hall–Kier alpha value is -1.94. The van der Waals surface area contributed by atoms with E-state index >= 15 is 0 Å². The fraction of sp³-hybridized carbons (Fsp3) is 0.375. The number of benzene rings is 1. The summed E-state index contributed by atoms with van der Waals surface area (Å²) in [6.45, 7) is 8.87. The minimum Gasteiger partial charge on any atom is -0.437 e. The maximum atomic E-state index is 5.96. The number of nitrogens with two attached hydrogens (primary N) is 1. The SMILES string of the molecule is Cc1ccc(Oc2nccnc2CN)c(C(C)(C)C)c1. The van der Waals surface area contributed by atoms with E-state index < -0.39 is 0 Å². The van der Waals surface area contributed by atoms with Crippen LogP contribution < -0.4 is 10.5 Å². The molecule has 0 spiro atoms. The van der Waals surface area contributed by atoms with Crippen LogP contribution in [0.1, 0.15) is 37.6 Å². The van der Waals surface area contributed by atoms with Crippen molar-refractivity contribution in [3.8, 4) is 11.6 Å². The van der Waals surface area contributed by atoms with Gasteiger partial charge < -0.3 is 10.5 Å². The molecule has 2 aromatic rings. The lowest BCUT2D eigenvalue weighted by Crippen LogP contribution is -2.13. The summed E-state index contributed by atoms with van der Waals surface area (Å²) in [6, 6.07) is 6.15. The van der Waals surface area contributed by atoms with E-state index in [1.54, 1.807) is 12.4 Å². The topological polar surface area (TPSA) is 61.0 Å². The molecule has 0 amide bonds. The van der Waals surface area contributed by atoms with Crippen LogP contribution in [0.25, 0.3) is 0 Å². The zero-order valence-electron chi connectivity index (χ0n) is 12.5. The van der Waals surface area contributed by atoms with Crippen molar-refractivity contribution in [2.24, 2.45) is 5.73 Å². The molecule has 20 heavy (non-hydrogen) atoms. The lowest BCUT2D eigenvalue weighted by molar-refractivity contribution is 0.431. The molecule has 4 heteroatoms. The van der Waals surface area contributed by atoms with E-state index in [-0.39, 0.29) is 5.41 Å². The van der Waals surface area contributed by atoms with E-state index in [1.807, 2.05) is 12.1 Å². The zero-order valence-corrected chi connectivity index (χ0v) is 12.5. The molecule has 1 aromatic carbocycles. The summed E-state index contributed by atoms with van der Waals surface area (Å²) < 4.78 is 5.96. The Morgan fingerprint density at radius 1 is 1.15 bits per heavy atom. The van der Waals surface area contributed by atoms with Crippen molar-refractivity contribution in [3.05, 3.63) is 47.4 Å². The minimum absolute atomic E-state index is 0.00750. The molecule has 0 aliphatic heterocycles. The summed E-state index contributed by atoms with van der Waals surface area (Å²) in [7, 11) is 0.